The number of rotatable bonds is 7. The number of aryl methyl sites for hydroxylation is 1. The molecule has 0 aliphatic heterocycles. The monoisotopic (exact) mass is 340 g/mol. The highest BCUT2D eigenvalue weighted by molar-refractivity contribution is 7.89. The summed E-state index contributed by atoms with van der Waals surface area (Å²) in [5, 5.41) is -0.134. The molecule has 3 N–H and O–H groups in total. The van der Waals surface area contributed by atoms with Crippen LogP contribution in [0.4, 0.5) is 4.39 Å². The van der Waals surface area contributed by atoms with Crippen molar-refractivity contribution in [3.8, 4) is 0 Å². The fraction of sp³-hybridized carbons (Fsp3) is 0.286. The first-order valence-corrected chi connectivity index (χ1v) is 8.27. The molecule has 1 amide bonds. The van der Waals surface area contributed by atoms with E-state index in [0.717, 1.165) is 0 Å². The average molecular weight is 340 g/mol. The first-order valence-electron chi connectivity index (χ1n) is 6.79. The number of carbonyl (C=O) groups is 1. The fourth-order valence-corrected chi connectivity index (χ4v) is 3.05. The van der Waals surface area contributed by atoms with Crippen molar-refractivity contribution in [3.63, 3.8) is 0 Å². The summed E-state index contributed by atoms with van der Waals surface area (Å²) in [4.78, 5) is 15.3. The lowest BCUT2D eigenvalue weighted by molar-refractivity contribution is -0.121. The Labute approximate surface area is 133 Å². The molecule has 1 atom stereocenters. The van der Waals surface area contributed by atoms with Crippen molar-refractivity contribution in [1.29, 1.82) is 0 Å². The molecule has 23 heavy (non-hydrogen) atoms. The molecule has 1 heterocycles. The Balaban J connectivity index is 2.05. The van der Waals surface area contributed by atoms with Crippen LogP contribution in [0.5, 0.6) is 0 Å². The zero-order valence-corrected chi connectivity index (χ0v) is 13.3. The number of halogens is 1. The molecule has 0 bridgehead atoms. The number of nitrogens with one attached hydrogen (secondary N) is 1. The van der Waals surface area contributed by atoms with Crippen LogP contribution in [0, 0.1) is 11.7 Å². The van der Waals surface area contributed by atoms with Gasteiger partial charge in [-0.05, 0) is 24.1 Å². The zero-order chi connectivity index (χ0) is 17.0. The molecule has 0 saturated carbocycles. The molecule has 1 aromatic carbocycles. The van der Waals surface area contributed by atoms with Crippen molar-refractivity contribution < 1.29 is 17.6 Å². The number of sulfonamides is 1. The van der Waals surface area contributed by atoms with Gasteiger partial charge in [0.2, 0.25) is 5.91 Å². The Morgan fingerprint density at radius 2 is 2.04 bits per heavy atom. The van der Waals surface area contributed by atoms with E-state index >= 15 is 0 Å². The highest BCUT2D eigenvalue weighted by atomic mass is 32.2. The largest absolute Gasteiger partial charge is 0.369 e. The van der Waals surface area contributed by atoms with Gasteiger partial charge >= 0.3 is 0 Å². The molecule has 124 valence electrons. The highest BCUT2D eigenvalue weighted by Crippen LogP contribution is 2.11. The molecule has 0 aliphatic rings. The number of hydrogen-bond donors (Lipinski definition) is 2. The smallest absolute Gasteiger partial charge is 0.259 e. The number of aromatic nitrogens is 2. The van der Waals surface area contributed by atoms with Crippen molar-refractivity contribution in [1.82, 2.24) is 14.3 Å². The summed E-state index contributed by atoms with van der Waals surface area (Å²) in [5.41, 5.74) is 6.01. The zero-order valence-electron chi connectivity index (χ0n) is 12.4. The molecule has 7 nitrogen and oxygen atoms in total. The molecule has 9 heteroatoms. The van der Waals surface area contributed by atoms with Gasteiger partial charge in [0, 0.05) is 19.8 Å². The van der Waals surface area contributed by atoms with Crippen molar-refractivity contribution in [3.05, 3.63) is 48.2 Å². The summed E-state index contributed by atoms with van der Waals surface area (Å²) >= 11 is 0. The molecule has 0 aliphatic carbocycles. The van der Waals surface area contributed by atoms with Crippen molar-refractivity contribution in [2.75, 3.05) is 6.54 Å². The predicted octanol–water partition coefficient (Wildman–Crippen LogP) is 0.182. The van der Waals surface area contributed by atoms with Crippen LogP contribution in [0.25, 0.3) is 0 Å². The average Bonchev–Trinajstić information content (AvgIpc) is 2.92. The van der Waals surface area contributed by atoms with Gasteiger partial charge in [-0.25, -0.2) is 22.5 Å². The minimum absolute atomic E-state index is 0.134. The summed E-state index contributed by atoms with van der Waals surface area (Å²) in [7, 11) is -2.17. The Kier molecular flexibility index (Phi) is 5.12. The summed E-state index contributed by atoms with van der Waals surface area (Å²) in [6.45, 7) is -0.161. The van der Waals surface area contributed by atoms with Crippen LogP contribution >= 0.6 is 0 Å². The van der Waals surface area contributed by atoms with E-state index in [1.165, 1.54) is 41.4 Å². The van der Waals surface area contributed by atoms with E-state index in [-0.39, 0.29) is 23.8 Å². The Morgan fingerprint density at radius 1 is 1.39 bits per heavy atom. The number of benzene rings is 1. The Bertz CT molecular complexity index is 787. The SMILES string of the molecule is Cn1cnc(S(=O)(=O)NC[C@@H](Cc2ccc(F)cc2)C(N)=O)c1. The van der Waals surface area contributed by atoms with Crippen LogP contribution in [0.15, 0.2) is 41.8 Å². The molecule has 0 unspecified atom stereocenters. The van der Waals surface area contributed by atoms with E-state index < -0.39 is 21.8 Å². The van der Waals surface area contributed by atoms with Gasteiger partial charge in [-0.1, -0.05) is 12.1 Å². The lowest BCUT2D eigenvalue weighted by atomic mass is 9.99. The van der Waals surface area contributed by atoms with E-state index in [9.17, 15) is 17.6 Å². The number of nitrogens with two attached hydrogens (primary N) is 1. The summed E-state index contributed by atoms with van der Waals surface area (Å²) in [6, 6.07) is 5.59. The third kappa shape index (κ3) is 4.60. The van der Waals surface area contributed by atoms with Gasteiger partial charge in [0.15, 0.2) is 5.03 Å². The molecule has 2 rings (SSSR count). The van der Waals surface area contributed by atoms with Gasteiger partial charge in [-0.3, -0.25) is 4.79 Å². The number of primary amides is 1. The Morgan fingerprint density at radius 3 is 2.57 bits per heavy atom. The third-order valence-corrected chi connectivity index (χ3v) is 4.58. The molecule has 0 saturated heterocycles. The van der Waals surface area contributed by atoms with E-state index in [0.29, 0.717) is 5.56 Å². The predicted molar refractivity (Wildman–Crippen MR) is 81.2 cm³/mol. The standard InChI is InChI=1S/C14H17FN4O3S/c1-19-8-13(17-9-19)23(21,22)18-7-11(14(16)20)6-10-2-4-12(15)5-3-10/h2-5,8-9,11,18H,6-7H2,1H3,(H2,16,20)/t11-/m1/s1. The lowest BCUT2D eigenvalue weighted by Crippen LogP contribution is -2.37. The summed E-state index contributed by atoms with van der Waals surface area (Å²) in [5.74, 6) is -1.78. The van der Waals surface area contributed by atoms with Gasteiger partial charge in [-0.15, -0.1) is 0 Å². The van der Waals surface area contributed by atoms with Crippen LogP contribution in [-0.4, -0.2) is 30.4 Å². The molecular formula is C14H17FN4O3S. The van der Waals surface area contributed by atoms with Crippen LogP contribution in [0.3, 0.4) is 0 Å². The van der Waals surface area contributed by atoms with E-state index in [2.05, 4.69) is 9.71 Å². The first-order chi connectivity index (χ1) is 10.8. The Hall–Kier alpha value is -2.26. The van der Waals surface area contributed by atoms with Gasteiger partial charge in [-0.2, -0.15) is 0 Å². The number of hydrogen-bond acceptors (Lipinski definition) is 4. The number of carbonyl (C=O) groups excluding carboxylic acids is 1. The first kappa shape index (κ1) is 17.1. The van der Waals surface area contributed by atoms with Gasteiger partial charge in [0.1, 0.15) is 5.82 Å². The van der Waals surface area contributed by atoms with Gasteiger partial charge in [0.05, 0.1) is 12.2 Å². The summed E-state index contributed by atoms with van der Waals surface area (Å²) in [6.07, 6.45) is 2.92. The van der Waals surface area contributed by atoms with Crippen molar-refractivity contribution in [2.24, 2.45) is 18.7 Å². The molecule has 0 spiro atoms. The van der Waals surface area contributed by atoms with Gasteiger partial charge < -0.3 is 10.3 Å². The fourth-order valence-electron chi connectivity index (χ4n) is 1.99. The van der Waals surface area contributed by atoms with Crippen molar-refractivity contribution in [2.45, 2.75) is 11.4 Å². The molecular weight excluding hydrogens is 323 g/mol. The quantitative estimate of drug-likeness (QED) is 0.750. The maximum absolute atomic E-state index is 12.9. The van der Waals surface area contributed by atoms with Crippen molar-refractivity contribution >= 4 is 15.9 Å². The van der Waals surface area contributed by atoms with E-state index in [4.69, 9.17) is 5.73 Å². The van der Waals surface area contributed by atoms with Crippen LogP contribution in [-0.2, 0) is 28.3 Å². The molecule has 2 aromatic rings. The van der Waals surface area contributed by atoms with E-state index in [1.54, 1.807) is 7.05 Å². The van der Waals surface area contributed by atoms with Crippen LogP contribution in [0.1, 0.15) is 5.56 Å². The normalized spacial score (nSPS) is 13.0. The van der Waals surface area contributed by atoms with Gasteiger partial charge in [0.25, 0.3) is 10.0 Å². The second kappa shape index (κ2) is 6.88. The number of imidazole rings is 1. The highest BCUT2D eigenvalue weighted by Gasteiger charge is 2.22. The van der Waals surface area contributed by atoms with Crippen LogP contribution in [0.2, 0.25) is 0 Å². The second-order valence-electron chi connectivity index (χ2n) is 5.16. The third-order valence-electron chi connectivity index (χ3n) is 3.27. The summed E-state index contributed by atoms with van der Waals surface area (Å²) < 4.78 is 40.9. The maximum atomic E-state index is 12.9. The van der Waals surface area contributed by atoms with Crippen LogP contribution < -0.4 is 10.5 Å². The maximum Gasteiger partial charge on any atom is 0.259 e. The second-order valence-corrected chi connectivity index (χ2v) is 6.87. The molecule has 0 fully saturated rings. The number of amides is 1. The number of nitrogens with zero attached hydrogens (tertiary/aromatic N) is 2. The minimum atomic E-state index is -3.82. The van der Waals surface area contributed by atoms with E-state index in [1.807, 2.05) is 0 Å². The molecule has 0 radical (unpaired) electrons. The molecule has 1 aromatic heterocycles. The lowest BCUT2D eigenvalue weighted by Gasteiger charge is -2.14. The topological polar surface area (TPSA) is 107 Å². The minimum Gasteiger partial charge on any atom is -0.369 e.